The lowest BCUT2D eigenvalue weighted by molar-refractivity contribution is 0.0954. The van der Waals surface area contributed by atoms with Crippen LogP contribution in [0.25, 0.3) is 0 Å². The van der Waals surface area contributed by atoms with Gasteiger partial charge in [-0.3, -0.25) is 4.79 Å². The quantitative estimate of drug-likeness (QED) is 0.888. The number of carbonyl (C=O) groups excluding carboxylic acids is 1. The van der Waals surface area contributed by atoms with Gasteiger partial charge < -0.3 is 10.6 Å². The Labute approximate surface area is 120 Å². The largest absolute Gasteiger partial charge is 0.373 e. The van der Waals surface area contributed by atoms with Gasteiger partial charge in [-0.1, -0.05) is 11.6 Å². The summed E-state index contributed by atoms with van der Waals surface area (Å²) < 4.78 is 0. The zero-order valence-electron chi connectivity index (χ0n) is 10.3. The van der Waals surface area contributed by atoms with Crippen molar-refractivity contribution in [3.8, 4) is 0 Å². The van der Waals surface area contributed by atoms with Gasteiger partial charge in [-0.05, 0) is 6.07 Å². The average molecular weight is 297 g/mol. The van der Waals surface area contributed by atoms with E-state index in [2.05, 4.69) is 20.6 Å². The summed E-state index contributed by atoms with van der Waals surface area (Å²) in [6.07, 6.45) is 3.93. The Morgan fingerprint density at radius 1 is 1.47 bits per heavy atom. The van der Waals surface area contributed by atoms with Crippen LogP contribution in [0.2, 0.25) is 5.02 Å². The first-order valence-corrected chi connectivity index (χ1v) is 6.96. The molecule has 0 bridgehead atoms. The molecule has 2 aromatic rings. The molecule has 0 unspecified atom stereocenters. The number of aromatic nitrogens is 2. The Morgan fingerprint density at radius 2 is 2.32 bits per heavy atom. The summed E-state index contributed by atoms with van der Waals surface area (Å²) in [5, 5.41) is 8.94. The summed E-state index contributed by atoms with van der Waals surface area (Å²) in [5.74, 6) is 0.398. The molecule has 2 N–H and O–H groups in total. The van der Waals surface area contributed by atoms with Crippen LogP contribution in [0.5, 0.6) is 0 Å². The second-order valence-electron chi connectivity index (χ2n) is 3.73. The number of anilines is 1. The summed E-state index contributed by atoms with van der Waals surface area (Å²) in [6.45, 7) is 0.528. The molecule has 2 rings (SSSR count). The van der Waals surface area contributed by atoms with Gasteiger partial charge in [0.25, 0.3) is 5.91 Å². The molecule has 2 aromatic heterocycles. The van der Waals surface area contributed by atoms with Crippen molar-refractivity contribution in [2.45, 2.75) is 6.42 Å². The lowest BCUT2D eigenvalue weighted by Gasteiger charge is -2.07. The van der Waals surface area contributed by atoms with Crippen LogP contribution < -0.4 is 10.6 Å². The molecular formula is C12H13ClN4OS. The van der Waals surface area contributed by atoms with Crippen molar-refractivity contribution in [2.24, 2.45) is 0 Å². The van der Waals surface area contributed by atoms with Crippen molar-refractivity contribution in [2.75, 3.05) is 18.9 Å². The van der Waals surface area contributed by atoms with Gasteiger partial charge in [0.15, 0.2) is 0 Å². The third-order valence-corrected chi connectivity index (χ3v) is 3.60. The van der Waals surface area contributed by atoms with Gasteiger partial charge in [0.2, 0.25) is 0 Å². The van der Waals surface area contributed by atoms with Crippen molar-refractivity contribution >= 4 is 34.7 Å². The number of hydrogen-bond donors (Lipinski definition) is 2. The van der Waals surface area contributed by atoms with Crippen LogP contribution in [0.15, 0.2) is 23.8 Å². The molecule has 0 saturated heterocycles. The second kappa shape index (κ2) is 6.49. The highest BCUT2D eigenvalue weighted by Crippen LogP contribution is 2.17. The minimum absolute atomic E-state index is 0.208. The minimum Gasteiger partial charge on any atom is -0.373 e. The molecule has 2 heterocycles. The van der Waals surface area contributed by atoms with Crippen molar-refractivity contribution in [3.05, 3.63) is 39.4 Å². The Hall–Kier alpha value is -1.66. The van der Waals surface area contributed by atoms with Gasteiger partial charge in [-0.15, -0.1) is 11.3 Å². The molecule has 19 heavy (non-hydrogen) atoms. The van der Waals surface area contributed by atoms with Crippen LogP contribution in [0, 0.1) is 0 Å². The van der Waals surface area contributed by atoms with E-state index in [1.54, 1.807) is 30.6 Å². The number of hydrogen-bond acceptors (Lipinski definition) is 5. The summed E-state index contributed by atoms with van der Waals surface area (Å²) in [6, 6.07) is 1.63. The molecule has 0 radical (unpaired) electrons. The predicted molar refractivity (Wildman–Crippen MR) is 76.9 cm³/mol. The lowest BCUT2D eigenvalue weighted by Crippen LogP contribution is -2.26. The number of rotatable bonds is 5. The number of nitrogens with one attached hydrogen (secondary N) is 2. The van der Waals surface area contributed by atoms with Gasteiger partial charge >= 0.3 is 0 Å². The zero-order chi connectivity index (χ0) is 13.7. The standard InChI is InChI=1S/C12H13ClN4OS/c1-14-10-6-8(9(13)7-17-10)12(18)16-3-2-11-15-4-5-19-11/h4-7H,2-3H2,1H3,(H,14,17)(H,16,18). The molecule has 100 valence electrons. The maximum absolute atomic E-state index is 12.0. The summed E-state index contributed by atoms with van der Waals surface area (Å²) >= 11 is 7.54. The van der Waals surface area contributed by atoms with E-state index in [9.17, 15) is 4.79 Å². The summed E-state index contributed by atoms with van der Waals surface area (Å²) in [5.41, 5.74) is 0.417. The Morgan fingerprint density at radius 3 is 3.00 bits per heavy atom. The Kier molecular flexibility index (Phi) is 4.70. The fraction of sp³-hybridized carbons (Fsp3) is 0.250. The molecule has 0 aliphatic carbocycles. The van der Waals surface area contributed by atoms with Gasteiger partial charge in [-0.2, -0.15) is 0 Å². The van der Waals surface area contributed by atoms with E-state index in [0.717, 1.165) is 5.01 Å². The van der Waals surface area contributed by atoms with Crippen molar-refractivity contribution in [3.63, 3.8) is 0 Å². The van der Waals surface area contributed by atoms with Gasteiger partial charge in [0, 0.05) is 37.8 Å². The van der Waals surface area contributed by atoms with Crippen molar-refractivity contribution < 1.29 is 4.79 Å². The monoisotopic (exact) mass is 296 g/mol. The zero-order valence-corrected chi connectivity index (χ0v) is 11.9. The van der Waals surface area contributed by atoms with Crippen LogP contribution in [-0.4, -0.2) is 29.5 Å². The number of nitrogens with zero attached hydrogens (tertiary/aromatic N) is 2. The highest BCUT2D eigenvalue weighted by Gasteiger charge is 2.11. The van der Waals surface area contributed by atoms with Crippen LogP contribution in [0.3, 0.4) is 0 Å². The van der Waals surface area contributed by atoms with Crippen LogP contribution in [0.4, 0.5) is 5.82 Å². The maximum atomic E-state index is 12.0. The van der Waals surface area contributed by atoms with E-state index in [1.807, 2.05) is 5.38 Å². The maximum Gasteiger partial charge on any atom is 0.253 e. The Balaban J connectivity index is 1.95. The van der Waals surface area contributed by atoms with Crippen LogP contribution >= 0.6 is 22.9 Å². The first kappa shape index (κ1) is 13.8. The number of thiazole rings is 1. The van der Waals surface area contributed by atoms with E-state index in [1.165, 1.54) is 6.20 Å². The first-order valence-electron chi connectivity index (χ1n) is 5.70. The molecule has 0 atom stereocenters. The molecule has 7 heteroatoms. The number of halogens is 1. The van der Waals surface area contributed by atoms with E-state index in [0.29, 0.717) is 29.4 Å². The summed E-state index contributed by atoms with van der Waals surface area (Å²) in [4.78, 5) is 20.2. The first-order chi connectivity index (χ1) is 9.20. The van der Waals surface area contributed by atoms with Crippen molar-refractivity contribution in [1.29, 1.82) is 0 Å². The number of pyridine rings is 1. The smallest absolute Gasteiger partial charge is 0.253 e. The van der Waals surface area contributed by atoms with Gasteiger partial charge in [0.05, 0.1) is 15.6 Å². The average Bonchev–Trinajstić information content (AvgIpc) is 2.92. The normalized spacial score (nSPS) is 10.2. The molecule has 0 fully saturated rings. The van der Waals surface area contributed by atoms with E-state index in [-0.39, 0.29) is 5.91 Å². The topological polar surface area (TPSA) is 66.9 Å². The van der Waals surface area contributed by atoms with Gasteiger partial charge in [0.1, 0.15) is 5.82 Å². The summed E-state index contributed by atoms with van der Waals surface area (Å²) in [7, 11) is 1.74. The lowest BCUT2D eigenvalue weighted by atomic mass is 10.2. The third kappa shape index (κ3) is 3.65. The van der Waals surface area contributed by atoms with E-state index >= 15 is 0 Å². The molecule has 0 aromatic carbocycles. The predicted octanol–water partition coefficient (Wildman–Crippen LogP) is 2.21. The minimum atomic E-state index is -0.208. The van der Waals surface area contributed by atoms with Crippen molar-refractivity contribution in [1.82, 2.24) is 15.3 Å². The molecular weight excluding hydrogens is 284 g/mol. The SMILES string of the molecule is CNc1cc(C(=O)NCCc2nccs2)c(Cl)cn1. The molecule has 0 saturated carbocycles. The van der Waals surface area contributed by atoms with Crippen LogP contribution in [0.1, 0.15) is 15.4 Å². The third-order valence-electron chi connectivity index (χ3n) is 2.46. The second-order valence-corrected chi connectivity index (χ2v) is 5.12. The molecule has 1 amide bonds. The molecule has 5 nitrogen and oxygen atoms in total. The molecule has 0 spiro atoms. The van der Waals surface area contributed by atoms with Gasteiger partial charge in [-0.25, -0.2) is 9.97 Å². The van der Waals surface area contributed by atoms with Crippen LogP contribution in [-0.2, 0) is 6.42 Å². The highest BCUT2D eigenvalue weighted by molar-refractivity contribution is 7.09. The van der Waals surface area contributed by atoms with E-state index < -0.39 is 0 Å². The fourth-order valence-corrected chi connectivity index (χ4v) is 2.31. The van der Waals surface area contributed by atoms with E-state index in [4.69, 9.17) is 11.6 Å². The Bertz CT molecular complexity index is 559. The number of carbonyl (C=O) groups is 1. The highest BCUT2D eigenvalue weighted by atomic mass is 35.5. The molecule has 0 aliphatic heterocycles. The fourth-order valence-electron chi connectivity index (χ4n) is 1.50. The number of amides is 1. The molecule has 0 aliphatic rings.